The number of hydrogen-bond acceptors (Lipinski definition) is 4. The second-order valence-electron chi connectivity index (χ2n) is 5.85. The highest BCUT2D eigenvalue weighted by atomic mass is 79.9. The Balaban J connectivity index is 2.54. The molecule has 2 aromatic heterocycles. The minimum atomic E-state index is -3.87. The molecule has 2 heterocycles. The second kappa shape index (κ2) is 6.40. The maximum absolute atomic E-state index is 12.6. The van der Waals surface area contributed by atoms with Gasteiger partial charge < -0.3 is 5.11 Å². The zero-order valence-electron chi connectivity index (χ0n) is 13.9. The van der Waals surface area contributed by atoms with E-state index in [9.17, 15) is 23.1 Å². The molecule has 136 valence electrons. The van der Waals surface area contributed by atoms with Gasteiger partial charge >= 0.3 is 5.97 Å². The molecule has 0 amide bonds. The predicted molar refractivity (Wildman–Crippen MR) is 101 cm³/mol. The van der Waals surface area contributed by atoms with Crippen molar-refractivity contribution in [3.63, 3.8) is 0 Å². The number of carboxylic acid groups (broad SMARTS) is 1. The van der Waals surface area contributed by atoms with Crippen molar-refractivity contribution in [1.82, 2.24) is 9.61 Å². The van der Waals surface area contributed by atoms with Gasteiger partial charge in [-0.05, 0) is 42.3 Å². The Hall–Kier alpha value is -2.39. The number of halogens is 1. The summed E-state index contributed by atoms with van der Waals surface area (Å²) >= 11 is 3.25. The molecule has 1 aromatic carbocycles. The first kappa shape index (κ1) is 18.4. The summed E-state index contributed by atoms with van der Waals surface area (Å²) in [7, 11) is -3.87. The van der Waals surface area contributed by atoms with Crippen LogP contribution in [0.3, 0.4) is 0 Å². The molecule has 0 bridgehead atoms. The van der Waals surface area contributed by atoms with Gasteiger partial charge in [-0.3, -0.25) is 14.4 Å². The minimum absolute atomic E-state index is 0.0190. The van der Waals surface area contributed by atoms with Crippen LogP contribution in [-0.2, 0) is 16.3 Å². The highest BCUT2D eigenvalue weighted by Gasteiger charge is 2.24. The molecule has 7 nitrogen and oxygen atoms in total. The number of carbonyl (C=O) groups is 1. The maximum atomic E-state index is 12.6. The normalized spacial score (nSPS) is 11.8. The van der Waals surface area contributed by atoms with Crippen LogP contribution in [0.15, 0.2) is 44.5 Å². The van der Waals surface area contributed by atoms with Gasteiger partial charge in [0, 0.05) is 22.0 Å². The number of sulfone groups is 1. The van der Waals surface area contributed by atoms with Crippen molar-refractivity contribution in [2.24, 2.45) is 0 Å². The molecule has 3 rings (SSSR count). The number of aryl methyl sites for hydroxylation is 1. The summed E-state index contributed by atoms with van der Waals surface area (Å²) in [4.78, 5) is 23.6. The summed E-state index contributed by atoms with van der Waals surface area (Å²) in [6.07, 6.45) is 1.58. The number of aromatic nitrogens is 2. The molecule has 0 aliphatic rings. The first-order chi connectivity index (χ1) is 12.1. The molecule has 0 saturated carbocycles. The van der Waals surface area contributed by atoms with Crippen LogP contribution in [0.25, 0.3) is 16.6 Å². The van der Waals surface area contributed by atoms with E-state index >= 15 is 0 Å². The van der Waals surface area contributed by atoms with Gasteiger partial charge in [0.2, 0.25) is 0 Å². The zero-order valence-corrected chi connectivity index (χ0v) is 16.3. The average Bonchev–Trinajstić information content (AvgIpc) is 2.94. The Morgan fingerprint density at radius 3 is 2.54 bits per heavy atom. The van der Waals surface area contributed by atoms with E-state index in [0.717, 1.165) is 11.9 Å². The van der Waals surface area contributed by atoms with E-state index in [1.165, 1.54) is 16.6 Å². The van der Waals surface area contributed by atoms with E-state index in [2.05, 4.69) is 21.0 Å². The molecule has 2 N–H and O–H groups in total. The third-order valence-corrected chi connectivity index (χ3v) is 5.62. The second-order valence-corrected chi connectivity index (χ2v) is 8.72. The van der Waals surface area contributed by atoms with Gasteiger partial charge in [-0.2, -0.15) is 0 Å². The van der Waals surface area contributed by atoms with Crippen LogP contribution in [-0.4, -0.2) is 35.4 Å². The SMILES string of the molecule is CCc1ccc2c(-c3cc(Br)cc(C(=O)O)c3)c(S(C)(=O)=O)c(=O)[nH]n12. The van der Waals surface area contributed by atoms with Crippen LogP contribution in [0.4, 0.5) is 0 Å². The molecule has 0 aliphatic carbocycles. The maximum Gasteiger partial charge on any atom is 0.335 e. The summed E-state index contributed by atoms with van der Waals surface area (Å²) < 4.78 is 26.6. The van der Waals surface area contributed by atoms with Gasteiger partial charge in [-0.25, -0.2) is 13.2 Å². The Morgan fingerprint density at radius 2 is 1.96 bits per heavy atom. The predicted octanol–water partition coefficient (Wildman–Crippen LogP) is 2.72. The summed E-state index contributed by atoms with van der Waals surface area (Å²) in [6, 6.07) is 7.85. The fraction of sp³-hybridized carbons (Fsp3) is 0.176. The van der Waals surface area contributed by atoms with Crippen molar-refractivity contribution < 1.29 is 18.3 Å². The number of benzene rings is 1. The number of aromatic amines is 1. The summed E-state index contributed by atoms with van der Waals surface area (Å²) in [5, 5.41) is 11.9. The molecular weight excluding hydrogens is 424 g/mol. The number of hydrogen-bond donors (Lipinski definition) is 2. The first-order valence-corrected chi connectivity index (χ1v) is 10.3. The number of nitrogens with zero attached hydrogens (tertiary/aromatic N) is 1. The van der Waals surface area contributed by atoms with E-state index in [1.807, 2.05) is 6.92 Å². The van der Waals surface area contributed by atoms with E-state index in [4.69, 9.17) is 0 Å². The molecule has 0 fully saturated rings. The average molecular weight is 439 g/mol. The largest absolute Gasteiger partial charge is 0.478 e. The van der Waals surface area contributed by atoms with E-state index in [0.29, 0.717) is 22.0 Å². The lowest BCUT2D eigenvalue weighted by atomic mass is 10.0. The molecule has 0 radical (unpaired) electrons. The standard InChI is InChI=1S/C17H15BrN2O5S/c1-3-12-4-5-13-14(9-6-10(17(22)23)8-11(18)7-9)15(26(2,24)25)16(21)19-20(12)13/h4-8H,3H2,1-2H3,(H,19,21)(H,22,23). The van der Waals surface area contributed by atoms with Crippen LogP contribution >= 0.6 is 15.9 Å². The van der Waals surface area contributed by atoms with Gasteiger partial charge in [-0.15, -0.1) is 0 Å². The number of fused-ring (bicyclic) bond motifs is 1. The smallest absolute Gasteiger partial charge is 0.335 e. The molecular formula is C17H15BrN2O5S. The Labute approximate surface area is 157 Å². The van der Waals surface area contributed by atoms with Gasteiger partial charge in [-0.1, -0.05) is 22.9 Å². The van der Waals surface area contributed by atoms with E-state index < -0.39 is 21.4 Å². The number of nitrogens with one attached hydrogen (secondary N) is 1. The van der Waals surface area contributed by atoms with Crippen molar-refractivity contribution >= 4 is 37.3 Å². The topological polar surface area (TPSA) is 109 Å². The summed E-state index contributed by atoms with van der Waals surface area (Å²) in [5.74, 6) is -1.15. The Morgan fingerprint density at radius 1 is 1.27 bits per heavy atom. The van der Waals surface area contributed by atoms with Gasteiger partial charge in [0.25, 0.3) is 5.56 Å². The first-order valence-electron chi connectivity index (χ1n) is 7.64. The molecule has 0 spiro atoms. The molecule has 0 aliphatic heterocycles. The van der Waals surface area contributed by atoms with Gasteiger partial charge in [0.15, 0.2) is 9.84 Å². The number of carboxylic acids is 1. The number of H-pyrrole nitrogens is 1. The van der Waals surface area contributed by atoms with Crippen LogP contribution in [0, 0.1) is 0 Å². The Bertz CT molecular complexity index is 1210. The quantitative estimate of drug-likeness (QED) is 0.650. The van der Waals surface area contributed by atoms with Crippen molar-refractivity contribution in [3.05, 3.63) is 56.4 Å². The highest BCUT2D eigenvalue weighted by molar-refractivity contribution is 9.10. The molecule has 26 heavy (non-hydrogen) atoms. The van der Waals surface area contributed by atoms with Crippen molar-refractivity contribution in [2.75, 3.05) is 6.26 Å². The van der Waals surface area contributed by atoms with Crippen molar-refractivity contribution in [2.45, 2.75) is 18.2 Å². The van der Waals surface area contributed by atoms with Crippen molar-refractivity contribution in [3.8, 4) is 11.1 Å². The minimum Gasteiger partial charge on any atom is -0.478 e. The fourth-order valence-corrected chi connectivity index (χ4v) is 4.42. The molecule has 3 aromatic rings. The molecule has 0 unspecified atom stereocenters. The van der Waals surface area contributed by atoms with Gasteiger partial charge in [0.1, 0.15) is 4.90 Å². The molecule has 0 saturated heterocycles. The van der Waals surface area contributed by atoms with Crippen molar-refractivity contribution in [1.29, 1.82) is 0 Å². The third kappa shape index (κ3) is 3.08. The number of aromatic carboxylic acids is 1. The lowest BCUT2D eigenvalue weighted by Crippen LogP contribution is -2.22. The summed E-state index contributed by atoms with van der Waals surface area (Å²) in [6.45, 7) is 1.91. The van der Waals surface area contributed by atoms with E-state index in [-0.39, 0.29) is 16.0 Å². The lowest BCUT2D eigenvalue weighted by molar-refractivity contribution is 0.0697. The monoisotopic (exact) mass is 438 g/mol. The Kier molecular flexibility index (Phi) is 4.53. The molecule has 9 heteroatoms. The third-order valence-electron chi connectivity index (χ3n) is 4.03. The van der Waals surface area contributed by atoms with Crippen LogP contribution in [0.2, 0.25) is 0 Å². The number of rotatable bonds is 4. The van der Waals surface area contributed by atoms with Crippen LogP contribution in [0.1, 0.15) is 23.0 Å². The summed E-state index contributed by atoms with van der Waals surface area (Å²) in [5.41, 5.74) is 1.02. The molecule has 0 atom stereocenters. The van der Waals surface area contributed by atoms with Gasteiger partial charge in [0.05, 0.1) is 11.1 Å². The lowest BCUT2D eigenvalue weighted by Gasteiger charge is -2.12. The van der Waals surface area contributed by atoms with Crippen LogP contribution < -0.4 is 5.56 Å². The van der Waals surface area contributed by atoms with E-state index in [1.54, 1.807) is 18.2 Å². The highest BCUT2D eigenvalue weighted by Crippen LogP contribution is 2.33. The fourth-order valence-electron chi connectivity index (χ4n) is 2.95. The zero-order chi connectivity index (χ0) is 19.2. The van der Waals surface area contributed by atoms with Crippen LogP contribution in [0.5, 0.6) is 0 Å².